The molecule has 2 aromatic heterocycles. The van der Waals surface area contributed by atoms with Crippen LogP contribution in [0.25, 0.3) is 17.1 Å². The molecule has 0 unspecified atom stereocenters. The number of halogens is 1. The Hall–Kier alpha value is -4.33. The summed E-state index contributed by atoms with van der Waals surface area (Å²) in [5.74, 6) is 1.29. The first-order valence-corrected chi connectivity index (χ1v) is 9.48. The maximum atomic E-state index is 13.3. The molecule has 0 spiro atoms. The van der Waals surface area contributed by atoms with Crippen LogP contribution in [0.15, 0.2) is 79.5 Å². The van der Waals surface area contributed by atoms with E-state index in [9.17, 15) is 9.18 Å². The van der Waals surface area contributed by atoms with E-state index in [0.29, 0.717) is 23.2 Å². The van der Waals surface area contributed by atoms with E-state index in [1.54, 1.807) is 30.5 Å². The van der Waals surface area contributed by atoms with Crippen LogP contribution in [0.5, 0.6) is 0 Å². The summed E-state index contributed by atoms with van der Waals surface area (Å²) in [7, 11) is 0. The van der Waals surface area contributed by atoms with Gasteiger partial charge in [0.25, 0.3) is 0 Å². The van der Waals surface area contributed by atoms with E-state index in [1.165, 1.54) is 18.2 Å². The van der Waals surface area contributed by atoms with Gasteiger partial charge in [0.2, 0.25) is 5.91 Å². The molecule has 4 rings (SSSR count). The third-order valence-corrected chi connectivity index (χ3v) is 4.52. The van der Waals surface area contributed by atoms with Gasteiger partial charge in [-0.1, -0.05) is 12.6 Å². The molecule has 2 aromatic carbocycles. The summed E-state index contributed by atoms with van der Waals surface area (Å²) in [5.41, 5.74) is 2.94. The van der Waals surface area contributed by atoms with Crippen LogP contribution in [0.4, 0.5) is 21.6 Å². The van der Waals surface area contributed by atoms with Gasteiger partial charge in [-0.2, -0.15) is 0 Å². The zero-order chi connectivity index (χ0) is 21.8. The van der Waals surface area contributed by atoms with Gasteiger partial charge in [0.15, 0.2) is 5.82 Å². The van der Waals surface area contributed by atoms with Gasteiger partial charge in [-0.05, 0) is 61.5 Å². The maximum Gasteiger partial charge on any atom is 0.247 e. The quantitative estimate of drug-likeness (QED) is 0.449. The highest BCUT2D eigenvalue weighted by Crippen LogP contribution is 2.25. The fourth-order valence-corrected chi connectivity index (χ4v) is 3.10. The SMILES string of the molecule is C=CC(=O)Nc1cccc(Nc2cc(-n3c(C)nnc3-c3ccc(F)cc3)ccn2)c1. The van der Waals surface area contributed by atoms with Crippen molar-refractivity contribution in [1.82, 2.24) is 19.7 Å². The summed E-state index contributed by atoms with van der Waals surface area (Å²) in [6.45, 7) is 5.30. The predicted molar refractivity (Wildman–Crippen MR) is 118 cm³/mol. The first kappa shape index (κ1) is 20.0. The zero-order valence-corrected chi connectivity index (χ0v) is 16.7. The number of amides is 1. The lowest BCUT2D eigenvalue weighted by Crippen LogP contribution is -2.07. The maximum absolute atomic E-state index is 13.3. The Morgan fingerprint density at radius 2 is 1.84 bits per heavy atom. The van der Waals surface area contributed by atoms with E-state index in [-0.39, 0.29) is 11.7 Å². The Kier molecular flexibility index (Phi) is 5.53. The summed E-state index contributed by atoms with van der Waals surface area (Å²) in [5, 5.41) is 14.4. The van der Waals surface area contributed by atoms with Gasteiger partial charge in [0, 0.05) is 29.2 Å². The minimum Gasteiger partial charge on any atom is -0.340 e. The molecule has 0 aliphatic heterocycles. The van der Waals surface area contributed by atoms with Crippen molar-refractivity contribution in [1.29, 1.82) is 0 Å². The minimum absolute atomic E-state index is 0.284. The summed E-state index contributed by atoms with van der Waals surface area (Å²) < 4.78 is 15.2. The first-order chi connectivity index (χ1) is 15.0. The Labute approximate surface area is 178 Å². The Balaban J connectivity index is 1.64. The molecule has 4 aromatic rings. The molecule has 0 aliphatic carbocycles. The number of pyridine rings is 1. The highest BCUT2D eigenvalue weighted by atomic mass is 19.1. The summed E-state index contributed by atoms with van der Waals surface area (Å²) in [4.78, 5) is 15.9. The highest BCUT2D eigenvalue weighted by Gasteiger charge is 2.14. The summed E-state index contributed by atoms with van der Waals surface area (Å²) >= 11 is 0. The number of nitrogens with zero attached hydrogens (tertiary/aromatic N) is 4. The molecule has 1 amide bonds. The molecule has 0 saturated heterocycles. The number of hydrogen-bond acceptors (Lipinski definition) is 5. The number of hydrogen-bond donors (Lipinski definition) is 2. The molecular formula is C23H19FN6O. The Bertz CT molecular complexity index is 1250. The van der Waals surface area contributed by atoms with Gasteiger partial charge < -0.3 is 10.6 Å². The Morgan fingerprint density at radius 3 is 2.61 bits per heavy atom. The lowest BCUT2D eigenvalue weighted by atomic mass is 10.2. The van der Waals surface area contributed by atoms with E-state index in [4.69, 9.17) is 0 Å². The number of carbonyl (C=O) groups excluding carboxylic acids is 1. The number of aryl methyl sites for hydroxylation is 1. The Morgan fingerprint density at radius 1 is 1.06 bits per heavy atom. The average molecular weight is 414 g/mol. The molecule has 7 nitrogen and oxygen atoms in total. The van der Waals surface area contributed by atoms with E-state index in [2.05, 4.69) is 32.4 Å². The first-order valence-electron chi connectivity index (χ1n) is 9.48. The van der Waals surface area contributed by atoms with Gasteiger partial charge in [-0.3, -0.25) is 9.36 Å². The third kappa shape index (κ3) is 4.48. The largest absolute Gasteiger partial charge is 0.340 e. The van der Waals surface area contributed by atoms with Gasteiger partial charge in [-0.15, -0.1) is 10.2 Å². The van der Waals surface area contributed by atoms with Crippen LogP contribution in [0.1, 0.15) is 5.82 Å². The molecule has 0 atom stereocenters. The van der Waals surface area contributed by atoms with Gasteiger partial charge >= 0.3 is 0 Å². The molecule has 0 radical (unpaired) electrons. The monoisotopic (exact) mass is 414 g/mol. The van der Waals surface area contributed by atoms with E-state index >= 15 is 0 Å². The molecule has 2 heterocycles. The second-order valence-corrected chi connectivity index (χ2v) is 6.71. The predicted octanol–water partition coefficient (Wildman–Crippen LogP) is 4.64. The van der Waals surface area contributed by atoms with Crippen LogP contribution < -0.4 is 10.6 Å². The number of carbonyl (C=O) groups is 1. The fraction of sp³-hybridized carbons (Fsp3) is 0.0435. The van der Waals surface area contributed by atoms with Gasteiger partial charge in [-0.25, -0.2) is 9.37 Å². The van der Waals surface area contributed by atoms with E-state index in [1.807, 2.05) is 35.8 Å². The van der Waals surface area contributed by atoms with Crippen LogP contribution in [0.3, 0.4) is 0 Å². The molecule has 0 aliphatic rings. The summed E-state index contributed by atoms with van der Waals surface area (Å²) in [6.07, 6.45) is 2.89. The smallest absolute Gasteiger partial charge is 0.247 e. The standard InChI is InChI=1S/C23H19FN6O/c1-3-22(31)27-19-6-4-5-18(13-19)26-21-14-20(11-12-25-21)30-15(2)28-29-23(30)16-7-9-17(24)10-8-16/h3-14H,1H2,2H3,(H,25,26)(H,27,31). The van der Waals surface area contributed by atoms with Crippen molar-refractivity contribution in [3.8, 4) is 17.1 Å². The second-order valence-electron chi connectivity index (χ2n) is 6.71. The van der Waals surface area contributed by atoms with Crippen molar-refractivity contribution in [2.75, 3.05) is 10.6 Å². The topological polar surface area (TPSA) is 84.7 Å². The fourth-order valence-electron chi connectivity index (χ4n) is 3.10. The third-order valence-electron chi connectivity index (χ3n) is 4.52. The molecule has 0 saturated carbocycles. The number of rotatable bonds is 6. The number of nitrogens with one attached hydrogen (secondary N) is 2. The molecule has 154 valence electrons. The highest BCUT2D eigenvalue weighted by molar-refractivity contribution is 5.99. The van der Waals surface area contributed by atoms with Crippen LogP contribution >= 0.6 is 0 Å². The minimum atomic E-state index is -0.312. The summed E-state index contributed by atoms with van der Waals surface area (Å²) in [6, 6.07) is 17.1. The van der Waals surface area contributed by atoms with Crippen molar-refractivity contribution in [3.63, 3.8) is 0 Å². The average Bonchev–Trinajstić information content (AvgIpc) is 3.16. The molecule has 0 bridgehead atoms. The van der Waals surface area contributed by atoms with Crippen LogP contribution in [-0.4, -0.2) is 25.7 Å². The molecule has 31 heavy (non-hydrogen) atoms. The van der Waals surface area contributed by atoms with Crippen molar-refractivity contribution >= 4 is 23.1 Å². The van der Waals surface area contributed by atoms with Crippen LogP contribution in [-0.2, 0) is 4.79 Å². The van der Waals surface area contributed by atoms with Gasteiger partial charge in [0.05, 0.1) is 5.69 Å². The molecular weight excluding hydrogens is 395 g/mol. The lowest BCUT2D eigenvalue weighted by Gasteiger charge is -2.12. The molecule has 8 heteroatoms. The normalized spacial score (nSPS) is 10.5. The van der Waals surface area contributed by atoms with Crippen molar-refractivity contribution < 1.29 is 9.18 Å². The van der Waals surface area contributed by atoms with Crippen LogP contribution in [0, 0.1) is 12.7 Å². The van der Waals surface area contributed by atoms with Crippen LogP contribution in [0.2, 0.25) is 0 Å². The number of benzene rings is 2. The van der Waals surface area contributed by atoms with E-state index in [0.717, 1.165) is 16.9 Å². The second kappa shape index (κ2) is 8.58. The number of anilines is 3. The molecule has 0 fully saturated rings. The van der Waals surface area contributed by atoms with Crippen molar-refractivity contribution in [2.24, 2.45) is 0 Å². The zero-order valence-electron chi connectivity index (χ0n) is 16.7. The van der Waals surface area contributed by atoms with Crippen molar-refractivity contribution in [3.05, 3.63) is 91.2 Å². The number of aromatic nitrogens is 4. The molecule has 2 N–H and O–H groups in total. The van der Waals surface area contributed by atoms with E-state index < -0.39 is 0 Å². The van der Waals surface area contributed by atoms with Crippen molar-refractivity contribution in [2.45, 2.75) is 6.92 Å². The van der Waals surface area contributed by atoms with Gasteiger partial charge in [0.1, 0.15) is 17.5 Å². The lowest BCUT2D eigenvalue weighted by molar-refractivity contribution is -0.111.